The predicted octanol–water partition coefficient (Wildman–Crippen LogP) is 4.15. The molecule has 25 heavy (non-hydrogen) atoms. The minimum Gasteiger partial charge on any atom is -0.386 e. The lowest BCUT2D eigenvalue weighted by atomic mass is 9.51. The summed E-state index contributed by atoms with van der Waals surface area (Å²) in [4.78, 5) is 25.0. The first-order chi connectivity index (χ1) is 13.0. The molecule has 2 saturated carbocycles. The fourth-order valence-corrected chi connectivity index (χ4v) is 6.33. The zero-order chi connectivity index (χ0) is 20.5. The Bertz CT molecular complexity index is 791. The molecular weight excluding hydrogens is 312 g/mol. The summed E-state index contributed by atoms with van der Waals surface area (Å²) < 4.78 is 24.9. The zero-order valence-electron chi connectivity index (χ0n) is 18.2. The van der Waals surface area contributed by atoms with Gasteiger partial charge < -0.3 is 5.11 Å². The molecule has 0 radical (unpaired) electrons. The molecule has 3 heteroatoms. The van der Waals surface area contributed by atoms with Gasteiger partial charge in [-0.15, -0.1) is 0 Å². The van der Waals surface area contributed by atoms with Crippen molar-refractivity contribution in [1.82, 2.24) is 0 Å². The van der Waals surface area contributed by atoms with Gasteiger partial charge in [0.1, 0.15) is 6.10 Å². The third-order valence-corrected chi connectivity index (χ3v) is 7.73. The molecule has 4 aliphatic carbocycles. The molecule has 0 aromatic heterocycles. The summed E-state index contributed by atoms with van der Waals surface area (Å²) in [6.45, 7) is 0.972. The average molecular weight is 345 g/mol. The van der Waals surface area contributed by atoms with Gasteiger partial charge in [-0.2, -0.15) is 0 Å². The van der Waals surface area contributed by atoms with Gasteiger partial charge in [-0.05, 0) is 86.3 Å². The molecular formula is C22H30O3. The molecule has 0 aromatic rings. The number of hydrogen-bond donors (Lipinski definition) is 1. The number of carbonyl (C=O) groups is 2. The molecule has 4 aliphatic rings. The first kappa shape index (κ1) is 13.9. The molecule has 0 aromatic carbocycles. The number of hydrogen-bond acceptors (Lipinski definition) is 3. The fourth-order valence-electron chi connectivity index (χ4n) is 6.33. The van der Waals surface area contributed by atoms with Gasteiger partial charge >= 0.3 is 0 Å². The Hall–Kier alpha value is -1.22. The van der Waals surface area contributed by atoms with Gasteiger partial charge in [-0.25, -0.2) is 0 Å². The van der Waals surface area contributed by atoms with Crippen molar-refractivity contribution in [1.29, 1.82) is 0 Å². The highest BCUT2D eigenvalue weighted by molar-refractivity contribution is 5.93. The quantitative estimate of drug-likeness (QED) is 0.818. The molecule has 0 bridgehead atoms. The maximum absolute atomic E-state index is 13.1. The largest absolute Gasteiger partial charge is 0.386 e. The number of allylic oxidation sites excluding steroid dienone is 4. The second-order valence-electron chi connectivity index (χ2n) is 8.79. The number of carbonyl (C=O) groups excluding carboxylic acids is 2. The zero-order valence-corrected chi connectivity index (χ0v) is 15.2. The molecule has 4 rings (SSSR count). The Morgan fingerprint density at radius 2 is 2.08 bits per heavy atom. The van der Waals surface area contributed by atoms with Crippen molar-refractivity contribution in [3.63, 3.8) is 0 Å². The van der Waals surface area contributed by atoms with Crippen LogP contribution in [0.3, 0.4) is 0 Å². The van der Waals surface area contributed by atoms with Crippen molar-refractivity contribution in [2.75, 3.05) is 0 Å². The smallest absolute Gasteiger partial charge is 0.167 e. The lowest BCUT2D eigenvalue weighted by Gasteiger charge is -2.52. The summed E-state index contributed by atoms with van der Waals surface area (Å²) in [5.41, 5.74) is 1.84. The van der Waals surface area contributed by atoms with Crippen molar-refractivity contribution in [3.8, 4) is 0 Å². The van der Waals surface area contributed by atoms with E-state index >= 15 is 0 Å². The second-order valence-corrected chi connectivity index (χ2v) is 8.79. The van der Waals surface area contributed by atoms with E-state index in [1.54, 1.807) is 0 Å². The van der Waals surface area contributed by atoms with Crippen LogP contribution in [0, 0.1) is 22.7 Å². The Morgan fingerprint density at radius 3 is 2.80 bits per heavy atom. The van der Waals surface area contributed by atoms with Crippen LogP contribution in [0.25, 0.3) is 0 Å². The minimum absolute atomic E-state index is 0.144. The van der Waals surface area contributed by atoms with E-state index in [2.05, 4.69) is 0 Å². The molecule has 0 aliphatic heterocycles. The third-order valence-electron chi connectivity index (χ3n) is 7.73. The van der Waals surface area contributed by atoms with Crippen LogP contribution in [0.2, 0.25) is 0 Å². The highest BCUT2D eigenvalue weighted by atomic mass is 16.3. The standard InChI is InChI=1S/C22H30O3/c1-13(23)20(25)22(3)11-9-19-18-6-4-14-12-15(24)5-7-16(14)17(18)8-10-21(19,22)2/h12-13,18-19,23H,4-11H2,1-3H3/t13-,18+,19-,21-,22+/m0/s1/i3D3. The number of Topliss-reactive ketones (excluding diaryl/α,β-unsaturated/α-hetero) is 1. The Kier molecular flexibility index (Phi) is 3.14. The summed E-state index contributed by atoms with van der Waals surface area (Å²) in [6.07, 6.45) is 6.21. The van der Waals surface area contributed by atoms with Crippen molar-refractivity contribution in [2.24, 2.45) is 22.7 Å². The Balaban J connectivity index is 1.79. The van der Waals surface area contributed by atoms with Crippen molar-refractivity contribution < 1.29 is 18.8 Å². The van der Waals surface area contributed by atoms with Gasteiger partial charge in [0, 0.05) is 15.9 Å². The Labute approximate surface area is 154 Å². The van der Waals surface area contributed by atoms with E-state index in [4.69, 9.17) is 4.11 Å². The molecule has 0 spiro atoms. The topological polar surface area (TPSA) is 54.4 Å². The summed E-state index contributed by atoms with van der Waals surface area (Å²) >= 11 is 0. The Morgan fingerprint density at radius 1 is 1.28 bits per heavy atom. The minimum atomic E-state index is -2.42. The maximum atomic E-state index is 13.1. The SMILES string of the molecule is [2H]C([2H])([2H])[C@]1(C(=O)[C@H](C)O)CC[C@H]2[C@@H]3CCC4=CC(=O)CCC4=C3CC[C@@]21C. The van der Waals surface area contributed by atoms with Gasteiger partial charge in [0.2, 0.25) is 0 Å². The van der Waals surface area contributed by atoms with Gasteiger partial charge in [0.25, 0.3) is 0 Å². The van der Waals surface area contributed by atoms with Crippen LogP contribution in [0.1, 0.15) is 76.2 Å². The van der Waals surface area contributed by atoms with Crippen molar-refractivity contribution in [3.05, 3.63) is 22.8 Å². The van der Waals surface area contributed by atoms with E-state index in [9.17, 15) is 14.7 Å². The normalized spacial score (nSPS) is 43.9. The van der Waals surface area contributed by atoms with E-state index in [0.717, 1.165) is 25.7 Å². The molecule has 2 fully saturated rings. The molecule has 0 amide bonds. The summed E-state index contributed by atoms with van der Waals surface area (Å²) in [5.74, 6) is 0.146. The van der Waals surface area contributed by atoms with E-state index in [0.29, 0.717) is 31.6 Å². The third kappa shape index (κ3) is 2.27. The lowest BCUT2D eigenvalue weighted by molar-refractivity contribution is -0.144. The van der Waals surface area contributed by atoms with Gasteiger partial charge in [0.15, 0.2) is 11.6 Å². The van der Waals surface area contributed by atoms with Gasteiger partial charge in [-0.1, -0.05) is 19.3 Å². The van der Waals surface area contributed by atoms with Crippen LogP contribution in [-0.4, -0.2) is 22.8 Å². The van der Waals surface area contributed by atoms with E-state index in [-0.39, 0.29) is 11.7 Å². The molecule has 0 saturated heterocycles. The molecule has 136 valence electrons. The van der Waals surface area contributed by atoms with Crippen molar-refractivity contribution >= 4 is 11.6 Å². The highest BCUT2D eigenvalue weighted by Crippen LogP contribution is 2.67. The molecule has 5 atom stereocenters. The van der Waals surface area contributed by atoms with Crippen LogP contribution in [0.4, 0.5) is 0 Å². The number of rotatable bonds is 2. The lowest BCUT2D eigenvalue weighted by Crippen LogP contribution is -2.50. The van der Waals surface area contributed by atoms with Crippen LogP contribution in [0.15, 0.2) is 22.8 Å². The second kappa shape index (κ2) is 5.64. The van der Waals surface area contributed by atoms with Crippen LogP contribution < -0.4 is 0 Å². The fraction of sp³-hybridized carbons (Fsp3) is 0.727. The summed E-state index contributed by atoms with van der Waals surface area (Å²) in [6, 6.07) is 0. The van der Waals surface area contributed by atoms with Crippen molar-refractivity contribution in [2.45, 2.75) is 78.2 Å². The number of aliphatic hydroxyl groups excluding tert-OH is 1. The number of fused-ring (bicyclic) bond motifs is 4. The van der Waals surface area contributed by atoms with E-state index in [1.807, 2.05) is 13.0 Å². The highest BCUT2D eigenvalue weighted by Gasteiger charge is 2.62. The molecule has 3 nitrogen and oxygen atoms in total. The number of aliphatic hydroxyl groups is 1. The average Bonchev–Trinajstić information content (AvgIpc) is 2.94. The monoisotopic (exact) mass is 345 g/mol. The van der Waals surface area contributed by atoms with Crippen LogP contribution in [-0.2, 0) is 9.59 Å². The molecule has 0 heterocycles. The summed E-state index contributed by atoms with van der Waals surface area (Å²) in [5, 5.41) is 10.1. The van der Waals surface area contributed by atoms with Crippen LogP contribution >= 0.6 is 0 Å². The van der Waals surface area contributed by atoms with Gasteiger partial charge in [0.05, 0.1) is 0 Å². The molecule has 0 unspecified atom stereocenters. The van der Waals surface area contributed by atoms with Crippen LogP contribution in [0.5, 0.6) is 0 Å². The van der Waals surface area contributed by atoms with E-state index < -0.39 is 29.6 Å². The predicted molar refractivity (Wildman–Crippen MR) is 96.9 cm³/mol. The first-order valence-corrected chi connectivity index (χ1v) is 9.71. The van der Waals surface area contributed by atoms with E-state index in [1.165, 1.54) is 23.6 Å². The summed E-state index contributed by atoms with van der Waals surface area (Å²) in [7, 11) is 0. The maximum Gasteiger partial charge on any atom is 0.167 e. The first-order valence-electron chi connectivity index (χ1n) is 11.2. The molecule has 1 N–H and O–H groups in total. The number of ketones is 2. The van der Waals surface area contributed by atoms with Gasteiger partial charge in [-0.3, -0.25) is 9.59 Å².